The number of hydrogen-bond donors (Lipinski definition) is 5. The van der Waals surface area contributed by atoms with Crippen molar-refractivity contribution in [3.05, 3.63) is 71.8 Å². The van der Waals surface area contributed by atoms with Crippen molar-refractivity contribution in [1.82, 2.24) is 25.8 Å². The van der Waals surface area contributed by atoms with E-state index in [0.29, 0.717) is 71.2 Å². The average molecular weight is 718 g/mol. The van der Waals surface area contributed by atoms with Crippen LogP contribution >= 0.6 is 0 Å². The number of nitrogens with two attached hydrogens (primary N) is 2. The summed E-state index contributed by atoms with van der Waals surface area (Å²) < 4.78 is 0. The third-order valence-corrected chi connectivity index (χ3v) is 10.4. The van der Waals surface area contributed by atoms with Crippen LogP contribution in [0.15, 0.2) is 60.7 Å². The Balaban J connectivity index is 1.43. The van der Waals surface area contributed by atoms with Crippen molar-refractivity contribution >= 4 is 29.5 Å². The number of piperidine rings is 1. The van der Waals surface area contributed by atoms with Gasteiger partial charge in [0, 0.05) is 44.9 Å². The minimum atomic E-state index is -0.978. The van der Waals surface area contributed by atoms with E-state index in [9.17, 15) is 24.0 Å². The third kappa shape index (κ3) is 11.9. The molecule has 0 saturated carbocycles. The number of amides is 5. The van der Waals surface area contributed by atoms with Crippen LogP contribution in [-0.2, 0) is 36.8 Å². The first-order valence-corrected chi connectivity index (χ1v) is 18.9. The molecule has 1 spiro atoms. The topological polar surface area (TPSA) is 180 Å². The highest BCUT2D eigenvalue weighted by Gasteiger charge is 2.48. The summed E-state index contributed by atoms with van der Waals surface area (Å²) in [5.41, 5.74) is 14.0. The highest BCUT2D eigenvalue weighted by molar-refractivity contribution is 5.95. The molecule has 4 atom stereocenters. The molecule has 52 heavy (non-hydrogen) atoms. The summed E-state index contributed by atoms with van der Waals surface area (Å²) in [6, 6.07) is 15.6. The van der Waals surface area contributed by atoms with E-state index in [2.05, 4.69) is 16.0 Å². The minimum absolute atomic E-state index is 0.00383. The number of hydrogen-bond acceptors (Lipinski definition) is 7. The molecule has 12 nitrogen and oxygen atoms in total. The van der Waals surface area contributed by atoms with E-state index in [4.69, 9.17) is 11.5 Å². The molecule has 12 heteroatoms. The van der Waals surface area contributed by atoms with Crippen molar-refractivity contribution in [2.45, 2.75) is 103 Å². The molecular weight excluding hydrogens is 658 g/mol. The molecule has 5 amide bonds. The summed E-state index contributed by atoms with van der Waals surface area (Å²) in [4.78, 5) is 70.5. The van der Waals surface area contributed by atoms with Crippen LogP contribution < -0.4 is 27.4 Å². The first-order valence-electron chi connectivity index (χ1n) is 18.9. The van der Waals surface area contributed by atoms with E-state index < -0.39 is 41.9 Å². The van der Waals surface area contributed by atoms with Crippen LogP contribution in [0, 0.1) is 11.3 Å². The molecular formula is C40H59N7O5. The van der Waals surface area contributed by atoms with Gasteiger partial charge < -0.3 is 37.2 Å². The molecule has 0 bridgehead atoms. The van der Waals surface area contributed by atoms with Gasteiger partial charge in [-0.05, 0) is 75.0 Å². The summed E-state index contributed by atoms with van der Waals surface area (Å²) in [7, 11) is 0. The highest BCUT2D eigenvalue weighted by atomic mass is 16.2. The van der Waals surface area contributed by atoms with Crippen molar-refractivity contribution in [2.75, 3.05) is 32.7 Å². The molecule has 2 aromatic carbocycles. The van der Waals surface area contributed by atoms with Gasteiger partial charge in [-0.1, -0.05) is 74.5 Å². The van der Waals surface area contributed by atoms with Crippen LogP contribution in [0.4, 0.5) is 0 Å². The zero-order valence-electron chi connectivity index (χ0n) is 31.2. The van der Waals surface area contributed by atoms with Gasteiger partial charge in [0.05, 0.1) is 6.04 Å². The molecule has 0 unspecified atom stereocenters. The van der Waals surface area contributed by atoms with Crippen molar-refractivity contribution < 1.29 is 24.0 Å². The number of unbranched alkanes of at least 4 members (excludes halogenated alkanes) is 1. The molecule has 7 N–H and O–H groups in total. The lowest BCUT2D eigenvalue weighted by Gasteiger charge is -2.54. The summed E-state index contributed by atoms with van der Waals surface area (Å²) >= 11 is 0. The molecule has 284 valence electrons. The monoisotopic (exact) mass is 717 g/mol. The van der Waals surface area contributed by atoms with Crippen LogP contribution in [-0.4, -0.2) is 96.2 Å². The van der Waals surface area contributed by atoms with Crippen LogP contribution in [0.5, 0.6) is 0 Å². The van der Waals surface area contributed by atoms with E-state index in [0.717, 1.165) is 24.0 Å². The average Bonchev–Trinajstić information content (AvgIpc) is 3.12. The quantitative estimate of drug-likeness (QED) is 0.147. The summed E-state index contributed by atoms with van der Waals surface area (Å²) in [5, 5.41) is 8.76. The molecule has 2 aliphatic heterocycles. The Kier molecular flexibility index (Phi) is 15.2. The van der Waals surface area contributed by atoms with Crippen molar-refractivity contribution in [3.63, 3.8) is 0 Å². The fourth-order valence-electron chi connectivity index (χ4n) is 7.19. The van der Waals surface area contributed by atoms with Crippen molar-refractivity contribution in [1.29, 1.82) is 0 Å². The number of carbonyl (C=O) groups excluding carboxylic acids is 5. The first kappa shape index (κ1) is 40.5. The standard InChI is InChI=1S/C40H59N7O5/c1-28(2)24-34(37(50)43-33(16-10-11-21-41)39(52)47-26-40(27-47)19-22-46(23-20-40)29(3)48)45-38(51)35(25-31-14-8-5-9-15-31)44-36(49)32(42)18-17-30-12-6-4-7-13-30/h4-9,12-15,28,32-35H,10-11,16-27,41-42H2,1-3H3,(H,43,50)(H,44,49)(H,45,51)/t32-,33-,34-,35-/m1/s1. The largest absolute Gasteiger partial charge is 0.343 e. The van der Waals surface area contributed by atoms with Crippen LogP contribution in [0.1, 0.15) is 76.8 Å². The Morgan fingerprint density at radius 2 is 1.29 bits per heavy atom. The normalized spacial score (nSPS) is 17.4. The maximum Gasteiger partial charge on any atom is 0.245 e. The first-order chi connectivity index (χ1) is 24.9. The Morgan fingerprint density at radius 3 is 1.87 bits per heavy atom. The van der Waals surface area contributed by atoms with Crippen LogP contribution in [0.25, 0.3) is 0 Å². The molecule has 0 radical (unpaired) electrons. The molecule has 0 aliphatic carbocycles. The van der Waals surface area contributed by atoms with Crippen LogP contribution in [0.3, 0.4) is 0 Å². The Bertz CT molecular complexity index is 1470. The maximum atomic E-state index is 14.0. The summed E-state index contributed by atoms with van der Waals surface area (Å²) in [5.74, 6) is -1.40. The lowest BCUT2D eigenvalue weighted by molar-refractivity contribution is -0.153. The van der Waals surface area contributed by atoms with E-state index in [1.807, 2.05) is 79.4 Å². The van der Waals surface area contributed by atoms with E-state index >= 15 is 0 Å². The van der Waals surface area contributed by atoms with Gasteiger partial charge in [-0.25, -0.2) is 0 Å². The molecule has 2 aliphatic rings. The van der Waals surface area contributed by atoms with Gasteiger partial charge in [-0.3, -0.25) is 24.0 Å². The fourth-order valence-corrected chi connectivity index (χ4v) is 7.19. The predicted octanol–water partition coefficient (Wildman–Crippen LogP) is 2.29. The Hall–Kier alpha value is -4.29. The van der Waals surface area contributed by atoms with E-state index in [-0.39, 0.29) is 29.6 Å². The molecule has 2 aromatic rings. The highest BCUT2D eigenvalue weighted by Crippen LogP contribution is 2.40. The van der Waals surface area contributed by atoms with Gasteiger partial charge in [0.2, 0.25) is 29.5 Å². The van der Waals surface area contributed by atoms with E-state index in [1.54, 1.807) is 11.8 Å². The number of nitrogens with one attached hydrogen (secondary N) is 3. The lowest BCUT2D eigenvalue weighted by Crippen LogP contribution is -2.65. The molecule has 2 saturated heterocycles. The zero-order chi connectivity index (χ0) is 37.7. The van der Waals surface area contributed by atoms with Crippen LogP contribution in [0.2, 0.25) is 0 Å². The van der Waals surface area contributed by atoms with E-state index in [1.165, 1.54) is 0 Å². The van der Waals surface area contributed by atoms with Gasteiger partial charge in [0.15, 0.2) is 0 Å². The van der Waals surface area contributed by atoms with Gasteiger partial charge >= 0.3 is 0 Å². The molecule has 2 heterocycles. The lowest BCUT2D eigenvalue weighted by atomic mass is 9.71. The second kappa shape index (κ2) is 19.5. The van der Waals surface area contributed by atoms with Gasteiger partial charge in [-0.2, -0.15) is 0 Å². The fraction of sp³-hybridized carbons (Fsp3) is 0.575. The SMILES string of the molecule is CC(=O)N1CCC2(CC1)CN(C(=O)[C@@H](CCCCN)NC(=O)[C@@H](CC(C)C)NC(=O)[C@@H](Cc1ccccc1)NC(=O)[C@H](N)CCc1ccccc1)C2. The zero-order valence-corrected chi connectivity index (χ0v) is 31.2. The molecule has 0 aromatic heterocycles. The Labute approximate surface area is 308 Å². The third-order valence-electron chi connectivity index (χ3n) is 10.4. The predicted molar refractivity (Wildman–Crippen MR) is 202 cm³/mol. The maximum absolute atomic E-state index is 14.0. The van der Waals surface area contributed by atoms with Crippen molar-refractivity contribution in [3.8, 4) is 0 Å². The number of carbonyl (C=O) groups is 5. The minimum Gasteiger partial charge on any atom is -0.343 e. The second-order valence-corrected chi connectivity index (χ2v) is 15.1. The van der Waals surface area contributed by atoms with Crippen molar-refractivity contribution in [2.24, 2.45) is 22.8 Å². The van der Waals surface area contributed by atoms with Gasteiger partial charge in [0.25, 0.3) is 0 Å². The number of nitrogens with zero attached hydrogens (tertiary/aromatic N) is 2. The number of rotatable bonds is 18. The molecule has 4 rings (SSSR count). The summed E-state index contributed by atoms with van der Waals surface area (Å²) in [6.45, 7) is 8.56. The number of aryl methyl sites for hydroxylation is 1. The number of likely N-dealkylation sites (tertiary alicyclic amines) is 2. The summed E-state index contributed by atoms with van der Waals surface area (Å²) in [6.07, 6.45) is 5.07. The molecule has 2 fully saturated rings. The van der Waals surface area contributed by atoms with Gasteiger partial charge in [-0.15, -0.1) is 0 Å². The van der Waals surface area contributed by atoms with Gasteiger partial charge in [0.1, 0.15) is 18.1 Å². The Morgan fingerprint density at radius 1 is 0.731 bits per heavy atom. The number of benzene rings is 2. The smallest absolute Gasteiger partial charge is 0.245 e. The second-order valence-electron chi connectivity index (χ2n) is 15.1.